The molecule has 1 aliphatic rings. The fourth-order valence-corrected chi connectivity index (χ4v) is 7.85. The van der Waals surface area contributed by atoms with Gasteiger partial charge in [0.25, 0.3) is 0 Å². The summed E-state index contributed by atoms with van der Waals surface area (Å²) in [5, 5.41) is 31.3. The van der Waals surface area contributed by atoms with Crippen LogP contribution in [0.25, 0.3) is 0 Å². The summed E-state index contributed by atoms with van der Waals surface area (Å²) in [6.45, 7) is 3.26. The quantitative estimate of drug-likeness (QED) is 0.0173. The van der Waals surface area contributed by atoms with Gasteiger partial charge in [-0.15, -0.1) is 0 Å². The minimum absolute atomic E-state index is 0.00452. The molecule has 0 heterocycles. The molecule has 12 nitrogen and oxygen atoms in total. The van der Waals surface area contributed by atoms with Gasteiger partial charge in [0.15, 0.2) is 6.10 Å². The highest BCUT2D eigenvalue weighted by Crippen LogP contribution is 2.43. The Hall–Kier alpha value is -1.63. The Kier molecular flexibility index (Phi) is 32.0. The number of unbranched alkanes of at least 4 members (excludes halogenated alkanes) is 18. The van der Waals surface area contributed by atoms with E-state index in [0.29, 0.717) is 19.3 Å². The molecule has 0 aromatic rings. The number of allylic oxidation sites excluding steroid dienone is 1. The molecule has 1 aliphatic carbocycles. The minimum atomic E-state index is -4.47. The summed E-state index contributed by atoms with van der Waals surface area (Å²) in [5.41, 5.74) is 5.34. The van der Waals surface area contributed by atoms with Crippen LogP contribution in [0.1, 0.15) is 174 Å². The molecule has 1 rings (SSSR count). The number of phosphoric ester groups is 1. The van der Waals surface area contributed by atoms with E-state index in [2.05, 4.69) is 13.8 Å². The molecule has 0 radical (unpaired) electrons. The van der Waals surface area contributed by atoms with Crippen LogP contribution >= 0.6 is 7.82 Å². The summed E-state index contributed by atoms with van der Waals surface area (Å²) in [6.07, 6.45) is 29.1. The Morgan fingerprint density at radius 2 is 1.30 bits per heavy atom. The lowest BCUT2D eigenvalue weighted by Gasteiger charge is -2.20. The van der Waals surface area contributed by atoms with E-state index < -0.39 is 50.8 Å². The molecule has 6 N–H and O–H groups in total. The smallest absolute Gasteiger partial charge is 0.462 e. The van der Waals surface area contributed by atoms with E-state index >= 15 is 0 Å². The normalized spacial score (nSPS) is 20.8. The van der Waals surface area contributed by atoms with Gasteiger partial charge in [-0.25, -0.2) is 4.57 Å². The molecule has 7 atom stereocenters. The summed E-state index contributed by atoms with van der Waals surface area (Å²) < 4.78 is 32.7. The van der Waals surface area contributed by atoms with E-state index in [1.54, 1.807) is 24.3 Å². The Labute approximate surface area is 339 Å². The maximum Gasteiger partial charge on any atom is 0.472 e. The van der Waals surface area contributed by atoms with E-state index in [1.807, 2.05) is 0 Å². The first-order chi connectivity index (χ1) is 27.0. The van der Waals surface area contributed by atoms with Gasteiger partial charge >= 0.3 is 19.8 Å². The molecule has 0 aliphatic heterocycles. The maximum absolute atomic E-state index is 12.7. The van der Waals surface area contributed by atoms with Crippen molar-refractivity contribution in [3.63, 3.8) is 0 Å². The van der Waals surface area contributed by atoms with Crippen LogP contribution in [0.15, 0.2) is 24.3 Å². The fraction of sp³-hybridized carbons (Fsp3) is 0.860. The zero-order valence-electron chi connectivity index (χ0n) is 35.0. The number of aliphatic hydroxyl groups is 3. The molecular weight excluding hydrogens is 737 g/mol. The van der Waals surface area contributed by atoms with Crippen molar-refractivity contribution >= 4 is 19.8 Å². The van der Waals surface area contributed by atoms with Gasteiger partial charge in [-0.05, 0) is 25.2 Å². The molecule has 0 aromatic carbocycles. The number of nitrogens with two attached hydrogens (primary N) is 1. The molecule has 0 amide bonds. The molecule has 0 aromatic heterocycles. The van der Waals surface area contributed by atoms with Crippen LogP contribution < -0.4 is 5.73 Å². The van der Waals surface area contributed by atoms with Gasteiger partial charge < -0.3 is 35.4 Å². The van der Waals surface area contributed by atoms with Crippen LogP contribution in [0.4, 0.5) is 0 Å². The largest absolute Gasteiger partial charge is 0.472 e. The van der Waals surface area contributed by atoms with Gasteiger partial charge in [-0.1, -0.05) is 160 Å². The molecule has 1 fully saturated rings. The van der Waals surface area contributed by atoms with Crippen LogP contribution in [0.5, 0.6) is 0 Å². The number of esters is 2. The predicted octanol–water partition coefficient (Wildman–Crippen LogP) is 8.77. The van der Waals surface area contributed by atoms with E-state index in [9.17, 15) is 34.4 Å². The van der Waals surface area contributed by atoms with Crippen LogP contribution in [-0.4, -0.2) is 82.9 Å². The zero-order valence-corrected chi connectivity index (χ0v) is 35.8. The highest BCUT2D eigenvalue weighted by molar-refractivity contribution is 7.47. The predicted molar refractivity (Wildman–Crippen MR) is 222 cm³/mol. The van der Waals surface area contributed by atoms with Crippen LogP contribution in [0.3, 0.4) is 0 Å². The number of phosphoric acid groups is 1. The molecule has 1 unspecified atom stereocenters. The SMILES string of the molecule is CCCCCCCCCCCCCCCCCCCC(=O)OC[C@H](COP(=O)(O)OCCN)OC(=O)C/C=C\C[C@H]1[C@@H](/C=C/[C@H](O)CCCCC)[C@H](O)C[C@@H]1O. The summed E-state index contributed by atoms with van der Waals surface area (Å²) in [7, 11) is -4.47. The second kappa shape index (κ2) is 34.3. The number of hydrogen-bond donors (Lipinski definition) is 5. The van der Waals surface area contributed by atoms with Gasteiger partial charge in [0.05, 0.1) is 37.9 Å². The summed E-state index contributed by atoms with van der Waals surface area (Å²) >= 11 is 0. The molecule has 56 heavy (non-hydrogen) atoms. The van der Waals surface area contributed by atoms with Gasteiger partial charge in [0.1, 0.15) is 6.61 Å². The first kappa shape index (κ1) is 52.4. The third-order valence-electron chi connectivity index (χ3n) is 10.4. The summed E-state index contributed by atoms with van der Waals surface area (Å²) in [5.74, 6) is -1.75. The average Bonchev–Trinajstić information content (AvgIpc) is 3.44. The number of hydrogen-bond acceptors (Lipinski definition) is 11. The molecule has 0 saturated heterocycles. The number of carbonyl (C=O) groups is 2. The van der Waals surface area contributed by atoms with E-state index in [4.69, 9.17) is 24.3 Å². The second-order valence-electron chi connectivity index (χ2n) is 15.6. The number of carbonyl (C=O) groups excluding carboxylic acids is 2. The lowest BCUT2D eigenvalue weighted by molar-refractivity contribution is -0.160. The lowest BCUT2D eigenvalue weighted by atomic mass is 9.89. The van der Waals surface area contributed by atoms with E-state index in [1.165, 1.54) is 83.5 Å². The maximum atomic E-state index is 12.7. The number of rotatable bonds is 37. The second-order valence-corrected chi connectivity index (χ2v) is 17.0. The van der Waals surface area contributed by atoms with Crippen molar-refractivity contribution in [1.82, 2.24) is 0 Å². The summed E-state index contributed by atoms with van der Waals surface area (Å²) in [6, 6.07) is 0. The molecular formula is C43H80NO11P. The van der Waals surface area contributed by atoms with Gasteiger partial charge in [-0.2, -0.15) is 0 Å². The van der Waals surface area contributed by atoms with Crippen molar-refractivity contribution < 1.29 is 52.9 Å². The standard InChI is InChI=1S/C43H80NO11P/c1-3-5-7-8-9-10-11-12-13-14-15-16-17-18-19-20-22-27-42(48)52-34-37(35-54-56(50,51)53-32-31-44)55-43(49)28-24-23-26-38-39(41(47)33-40(38)46)30-29-36(45)25-21-6-4-2/h23-24,29-30,36-41,45-47H,3-22,25-28,31-35,44H2,1-2H3,(H,50,51)/b24-23-,30-29+/t36-,37-,38+,39-,40+,41-/m1/s1. The topological polar surface area (TPSA) is 195 Å². The average molecular weight is 818 g/mol. The molecule has 0 bridgehead atoms. The third kappa shape index (κ3) is 27.9. The van der Waals surface area contributed by atoms with Crippen LogP contribution in [0, 0.1) is 11.8 Å². The van der Waals surface area contributed by atoms with E-state index in [0.717, 1.165) is 38.5 Å². The highest BCUT2D eigenvalue weighted by atomic mass is 31.2. The Morgan fingerprint density at radius 3 is 1.88 bits per heavy atom. The number of ether oxygens (including phenoxy) is 2. The summed E-state index contributed by atoms with van der Waals surface area (Å²) in [4.78, 5) is 35.1. The fourth-order valence-electron chi connectivity index (χ4n) is 7.08. The first-order valence-corrected chi connectivity index (χ1v) is 23.6. The molecule has 13 heteroatoms. The number of aliphatic hydroxyl groups excluding tert-OH is 3. The van der Waals surface area contributed by atoms with Crippen molar-refractivity contribution in [3.8, 4) is 0 Å². The van der Waals surface area contributed by atoms with E-state index in [-0.39, 0.29) is 50.9 Å². The van der Waals surface area contributed by atoms with Gasteiger partial charge in [0.2, 0.25) is 0 Å². The Bertz CT molecular complexity index is 1090. The third-order valence-corrected chi connectivity index (χ3v) is 11.4. The lowest BCUT2D eigenvalue weighted by Crippen LogP contribution is -2.29. The first-order valence-electron chi connectivity index (χ1n) is 22.1. The van der Waals surface area contributed by atoms with Crippen LogP contribution in [0.2, 0.25) is 0 Å². The van der Waals surface area contributed by atoms with Crippen molar-refractivity contribution in [2.75, 3.05) is 26.4 Å². The van der Waals surface area contributed by atoms with Gasteiger partial charge in [-0.3, -0.25) is 18.6 Å². The van der Waals surface area contributed by atoms with Crippen molar-refractivity contribution in [3.05, 3.63) is 24.3 Å². The minimum Gasteiger partial charge on any atom is -0.462 e. The molecule has 328 valence electrons. The van der Waals surface area contributed by atoms with Gasteiger partial charge in [0, 0.05) is 25.3 Å². The van der Waals surface area contributed by atoms with Crippen molar-refractivity contribution in [2.24, 2.45) is 17.6 Å². The highest BCUT2D eigenvalue weighted by Gasteiger charge is 2.39. The molecule has 1 saturated carbocycles. The van der Waals surface area contributed by atoms with Crippen molar-refractivity contribution in [1.29, 1.82) is 0 Å². The Morgan fingerprint density at radius 1 is 0.750 bits per heavy atom. The Balaban J connectivity index is 2.42. The van der Waals surface area contributed by atoms with Crippen molar-refractivity contribution in [2.45, 2.75) is 199 Å². The molecule has 0 spiro atoms. The zero-order chi connectivity index (χ0) is 41.3. The van der Waals surface area contributed by atoms with Crippen LogP contribution in [-0.2, 0) is 32.7 Å². The monoisotopic (exact) mass is 818 g/mol.